The summed E-state index contributed by atoms with van der Waals surface area (Å²) in [7, 11) is 1.51. The van der Waals surface area contributed by atoms with Gasteiger partial charge in [0.25, 0.3) is 5.88 Å². The number of rotatable bonds is 6. The second kappa shape index (κ2) is 5.97. The van der Waals surface area contributed by atoms with E-state index in [-0.39, 0.29) is 23.5 Å². The zero-order valence-electron chi connectivity index (χ0n) is 9.54. The average molecular weight is 242 g/mol. The minimum absolute atomic E-state index is 0.0880. The van der Waals surface area contributed by atoms with Gasteiger partial charge in [-0.15, -0.1) is 0 Å². The van der Waals surface area contributed by atoms with E-state index in [2.05, 4.69) is 10.4 Å². The Morgan fingerprint density at radius 1 is 1.65 bits per heavy atom. The molecular weight excluding hydrogens is 228 g/mol. The number of hydrazine groups is 1. The highest BCUT2D eigenvalue weighted by molar-refractivity contribution is 5.48. The molecule has 8 nitrogen and oxygen atoms in total. The number of nitrogen functional groups attached to an aromatic ring is 1. The van der Waals surface area contributed by atoms with Gasteiger partial charge in [-0.3, -0.25) is 10.1 Å². The quantitative estimate of drug-likeness (QED) is 0.428. The Bertz CT molecular complexity index is 399. The van der Waals surface area contributed by atoms with Crippen LogP contribution in [0.1, 0.15) is 6.92 Å². The Labute approximate surface area is 97.9 Å². The van der Waals surface area contributed by atoms with Crippen LogP contribution in [0.5, 0.6) is 5.88 Å². The first-order chi connectivity index (χ1) is 8.08. The van der Waals surface area contributed by atoms with Gasteiger partial charge in [0.15, 0.2) is 0 Å². The van der Waals surface area contributed by atoms with Crippen LogP contribution >= 0.6 is 0 Å². The predicted octanol–water partition coefficient (Wildman–Crippen LogP) is 0.689. The maximum absolute atomic E-state index is 10.8. The van der Waals surface area contributed by atoms with E-state index in [0.29, 0.717) is 6.61 Å². The highest BCUT2D eigenvalue weighted by Crippen LogP contribution is 2.26. The third-order valence-electron chi connectivity index (χ3n) is 1.90. The standard InChI is InChI=1S/C9H14N4O4/c1-6(5-16-2)17-9-7(13(14)15)3-4-8(11-9)12-10/h3-4,6H,5,10H2,1-2H3,(H,11,12). The van der Waals surface area contributed by atoms with E-state index in [9.17, 15) is 10.1 Å². The van der Waals surface area contributed by atoms with Crippen LogP contribution in [-0.2, 0) is 4.74 Å². The molecule has 94 valence electrons. The Kier molecular flexibility index (Phi) is 4.61. The van der Waals surface area contributed by atoms with E-state index >= 15 is 0 Å². The van der Waals surface area contributed by atoms with E-state index in [4.69, 9.17) is 15.3 Å². The van der Waals surface area contributed by atoms with Crippen molar-refractivity contribution >= 4 is 11.5 Å². The number of nitrogens with zero attached hydrogens (tertiary/aromatic N) is 2. The van der Waals surface area contributed by atoms with Gasteiger partial charge < -0.3 is 14.9 Å². The Hall–Kier alpha value is -1.93. The number of ether oxygens (including phenoxy) is 2. The molecule has 17 heavy (non-hydrogen) atoms. The van der Waals surface area contributed by atoms with Crippen molar-refractivity contribution in [2.24, 2.45) is 5.84 Å². The number of methoxy groups -OCH3 is 1. The van der Waals surface area contributed by atoms with Crippen LogP contribution in [0.2, 0.25) is 0 Å². The van der Waals surface area contributed by atoms with E-state index in [1.807, 2.05) is 0 Å². The number of pyridine rings is 1. The van der Waals surface area contributed by atoms with Crippen LogP contribution in [0.4, 0.5) is 11.5 Å². The van der Waals surface area contributed by atoms with Gasteiger partial charge in [-0.2, -0.15) is 4.98 Å². The molecule has 1 aromatic rings. The fourth-order valence-electron chi connectivity index (χ4n) is 1.20. The first-order valence-corrected chi connectivity index (χ1v) is 4.86. The molecule has 0 spiro atoms. The molecule has 0 amide bonds. The highest BCUT2D eigenvalue weighted by atomic mass is 16.6. The molecule has 0 fully saturated rings. The number of hydrogen-bond acceptors (Lipinski definition) is 7. The number of nitrogens with one attached hydrogen (secondary N) is 1. The summed E-state index contributed by atoms with van der Waals surface area (Å²) in [4.78, 5) is 14.1. The van der Waals surface area contributed by atoms with Gasteiger partial charge in [-0.25, -0.2) is 5.84 Å². The summed E-state index contributed by atoms with van der Waals surface area (Å²) in [5, 5.41) is 10.8. The zero-order chi connectivity index (χ0) is 12.8. The van der Waals surface area contributed by atoms with Crippen LogP contribution in [0.25, 0.3) is 0 Å². The van der Waals surface area contributed by atoms with Crippen LogP contribution < -0.4 is 16.0 Å². The van der Waals surface area contributed by atoms with Crippen molar-refractivity contribution in [3.63, 3.8) is 0 Å². The topological polar surface area (TPSA) is 113 Å². The first-order valence-electron chi connectivity index (χ1n) is 4.86. The Morgan fingerprint density at radius 2 is 2.35 bits per heavy atom. The number of nitro groups is 1. The lowest BCUT2D eigenvalue weighted by atomic mass is 10.4. The van der Waals surface area contributed by atoms with Crippen molar-refractivity contribution in [1.82, 2.24) is 4.98 Å². The van der Waals surface area contributed by atoms with Crippen LogP contribution in [0.15, 0.2) is 12.1 Å². The predicted molar refractivity (Wildman–Crippen MR) is 60.7 cm³/mol. The molecule has 1 atom stereocenters. The third kappa shape index (κ3) is 3.54. The van der Waals surface area contributed by atoms with Gasteiger partial charge in [-0.05, 0) is 13.0 Å². The van der Waals surface area contributed by atoms with Crippen LogP contribution in [0, 0.1) is 10.1 Å². The Morgan fingerprint density at radius 3 is 2.88 bits per heavy atom. The number of aromatic nitrogens is 1. The Balaban J connectivity index is 2.96. The lowest BCUT2D eigenvalue weighted by molar-refractivity contribution is -0.386. The van der Waals surface area contributed by atoms with Gasteiger partial charge in [0.2, 0.25) is 0 Å². The van der Waals surface area contributed by atoms with Gasteiger partial charge in [0, 0.05) is 13.2 Å². The second-order valence-corrected chi connectivity index (χ2v) is 3.31. The average Bonchev–Trinajstić information content (AvgIpc) is 2.28. The highest BCUT2D eigenvalue weighted by Gasteiger charge is 2.19. The molecule has 0 aliphatic heterocycles. The van der Waals surface area contributed by atoms with Crippen molar-refractivity contribution in [3.05, 3.63) is 22.2 Å². The maximum Gasteiger partial charge on any atom is 0.331 e. The van der Waals surface area contributed by atoms with Gasteiger partial charge in [-0.1, -0.05) is 0 Å². The molecular formula is C9H14N4O4. The largest absolute Gasteiger partial charge is 0.467 e. The zero-order valence-corrected chi connectivity index (χ0v) is 9.54. The monoisotopic (exact) mass is 242 g/mol. The van der Waals surface area contributed by atoms with Crippen molar-refractivity contribution in [1.29, 1.82) is 0 Å². The molecule has 0 bridgehead atoms. The minimum atomic E-state index is -0.567. The lowest BCUT2D eigenvalue weighted by Crippen LogP contribution is -2.20. The maximum atomic E-state index is 10.8. The summed E-state index contributed by atoms with van der Waals surface area (Å²) in [6.45, 7) is 2.02. The summed E-state index contributed by atoms with van der Waals surface area (Å²) >= 11 is 0. The summed E-state index contributed by atoms with van der Waals surface area (Å²) in [6, 6.07) is 2.67. The SMILES string of the molecule is COCC(C)Oc1nc(NN)ccc1[N+](=O)[O-]. The smallest absolute Gasteiger partial charge is 0.331 e. The van der Waals surface area contributed by atoms with Gasteiger partial charge in [0.05, 0.1) is 11.5 Å². The number of nitrogens with two attached hydrogens (primary N) is 1. The molecule has 0 saturated heterocycles. The molecule has 0 aliphatic carbocycles. The number of anilines is 1. The molecule has 0 aromatic carbocycles. The van der Waals surface area contributed by atoms with E-state index in [1.54, 1.807) is 6.92 Å². The first kappa shape index (κ1) is 13.1. The molecule has 1 unspecified atom stereocenters. The summed E-state index contributed by atoms with van der Waals surface area (Å²) in [5.41, 5.74) is 2.08. The second-order valence-electron chi connectivity index (χ2n) is 3.31. The van der Waals surface area contributed by atoms with Crippen LogP contribution in [0.3, 0.4) is 0 Å². The van der Waals surface area contributed by atoms with E-state index < -0.39 is 4.92 Å². The molecule has 3 N–H and O–H groups in total. The van der Waals surface area contributed by atoms with Crippen LogP contribution in [-0.4, -0.2) is 29.7 Å². The van der Waals surface area contributed by atoms with E-state index in [0.717, 1.165) is 0 Å². The van der Waals surface area contributed by atoms with Crippen molar-refractivity contribution in [2.75, 3.05) is 19.1 Å². The minimum Gasteiger partial charge on any atom is -0.467 e. The lowest BCUT2D eigenvalue weighted by Gasteiger charge is -2.13. The number of hydrogen-bond donors (Lipinski definition) is 2. The molecule has 8 heteroatoms. The van der Waals surface area contributed by atoms with Crippen molar-refractivity contribution in [3.8, 4) is 5.88 Å². The molecule has 1 aromatic heterocycles. The fraction of sp³-hybridized carbons (Fsp3) is 0.444. The van der Waals surface area contributed by atoms with Crippen molar-refractivity contribution < 1.29 is 14.4 Å². The molecule has 0 aliphatic rings. The molecule has 0 radical (unpaired) electrons. The van der Waals surface area contributed by atoms with Gasteiger partial charge in [0.1, 0.15) is 11.9 Å². The van der Waals surface area contributed by atoms with E-state index in [1.165, 1.54) is 19.2 Å². The normalized spacial score (nSPS) is 11.9. The summed E-state index contributed by atoms with van der Waals surface area (Å²) in [5.74, 6) is 5.37. The van der Waals surface area contributed by atoms with Crippen molar-refractivity contribution in [2.45, 2.75) is 13.0 Å². The molecule has 1 heterocycles. The molecule has 0 saturated carbocycles. The summed E-state index contributed by atoms with van der Waals surface area (Å²) < 4.78 is 10.2. The summed E-state index contributed by atoms with van der Waals surface area (Å²) in [6.07, 6.45) is -0.348. The fourth-order valence-corrected chi connectivity index (χ4v) is 1.20. The van der Waals surface area contributed by atoms with Gasteiger partial charge >= 0.3 is 5.69 Å². The molecule has 1 rings (SSSR count). The third-order valence-corrected chi connectivity index (χ3v) is 1.90.